The van der Waals surface area contributed by atoms with Crippen LogP contribution in [0, 0.1) is 16.0 Å². The normalized spacial score (nSPS) is 17.6. The molecule has 1 aliphatic rings. The zero-order chi connectivity index (χ0) is 26.1. The van der Waals surface area contributed by atoms with Gasteiger partial charge in [0.1, 0.15) is 12.5 Å². The van der Waals surface area contributed by atoms with Crippen molar-refractivity contribution in [1.82, 2.24) is 5.32 Å². The second-order valence-electron chi connectivity index (χ2n) is 8.24. The van der Waals surface area contributed by atoms with E-state index < -0.39 is 28.6 Å². The van der Waals surface area contributed by atoms with Crippen LogP contribution >= 0.6 is 0 Å². The highest BCUT2D eigenvalue weighted by atomic mass is 16.6. The molecule has 0 radical (unpaired) electrons. The Morgan fingerprint density at radius 1 is 1.11 bits per heavy atom. The van der Waals surface area contributed by atoms with Crippen LogP contribution in [-0.2, 0) is 19.1 Å². The molecule has 1 N–H and O–H groups in total. The van der Waals surface area contributed by atoms with Gasteiger partial charge in [0.15, 0.2) is 0 Å². The number of ether oxygens (including phenoxy) is 2. The zero-order valence-electron chi connectivity index (χ0n) is 20.5. The number of benzene rings is 2. The highest BCUT2D eigenvalue weighted by Gasteiger charge is 2.42. The lowest BCUT2D eigenvalue weighted by molar-refractivity contribution is -0.384. The van der Waals surface area contributed by atoms with E-state index in [9.17, 15) is 19.7 Å². The molecule has 3 rings (SSSR count). The first-order chi connectivity index (χ1) is 17.3. The van der Waals surface area contributed by atoms with Gasteiger partial charge in [0.2, 0.25) is 5.91 Å². The fourth-order valence-electron chi connectivity index (χ4n) is 4.15. The number of hydrogen-bond acceptors (Lipinski definition) is 7. The average molecular weight is 492 g/mol. The van der Waals surface area contributed by atoms with Gasteiger partial charge in [-0.25, -0.2) is 0 Å². The number of aliphatic imine (C=N–C) groups is 1. The Kier molecular flexibility index (Phi) is 9.24. The lowest BCUT2D eigenvalue weighted by Crippen LogP contribution is -2.39. The molecule has 2 aromatic carbocycles. The van der Waals surface area contributed by atoms with Crippen molar-refractivity contribution in [2.75, 3.05) is 26.9 Å². The van der Waals surface area contributed by atoms with Gasteiger partial charge >= 0.3 is 5.97 Å². The van der Waals surface area contributed by atoms with Gasteiger partial charge in [-0.15, -0.1) is 0 Å². The minimum atomic E-state index is -0.923. The van der Waals surface area contributed by atoms with Crippen molar-refractivity contribution in [1.29, 1.82) is 0 Å². The van der Waals surface area contributed by atoms with Crippen LogP contribution in [0.4, 0.5) is 5.69 Å². The summed E-state index contributed by atoms with van der Waals surface area (Å²) < 4.78 is 10.3. The van der Waals surface area contributed by atoms with E-state index in [1.54, 1.807) is 19.9 Å². The number of non-ortho nitro benzene ring substituents is 1. The lowest BCUT2D eigenvalue weighted by Gasteiger charge is -2.32. The van der Waals surface area contributed by atoms with E-state index in [2.05, 4.69) is 10.3 Å². The molecule has 188 valence electrons. The third kappa shape index (κ3) is 6.51. The summed E-state index contributed by atoms with van der Waals surface area (Å²) in [5, 5.41) is 14.3. The lowest BCUT2D eigenvalue weighted by atomic mass is 9.75. The van der Waals surface area contributed by atoms with Crippen LogP contribution in [0.2, 0.25) is 0 Å². The maximum Gasteiger partial charge on any atom is 0.315 e. The summed E-state index contributed by atoms with van der Waals surface area (Å²) in [5.41, 5.74) is 2.48. The maximum atomic E-state index is 13.4. The zero-order valence-corrected chi connectivity index (χ0v) is 20.5. The minimum Gasteiger partial charge on any atom is -0.463 e. The van der Waals surface area contributed by atoms with Crippen molar-refractivity contribution in [2.24, 2.45) is 10.9 Å². The summed E-state index contributed by atoms with van der Waals surface area (Å²) >= 11 is 0. The van der Waals surface area contributed by atoms with E-state index in [1.165, 1.54) is 25.3 Å². The topological polar surface area (TPSA) is 120 Å². The number of rotatable bonds is 10. The first-order valence-electron chi connectivity index (χ1n) is 11.5. The van der Waals surface area contributed by atoms with Gasteiger partial charge in [-0.05, 0) is 25.0 Å². The maximum absolute atomic E-state index is 13.4. The fourth-order valence-corrected chi connectivity index (χ4v) is 4.15. The van der Waals surface area contributed by atoms with Crippen LogP contribution in [0.15, 0.2) is 76.9 Å². The molecule has 0 aromatic heterocycles. The molecule has 0 saturated carbocycles. The van der Waals surface area contributed by atoms with Gasteiger partial charge in [0.25, 0.3) is 5.69 Å². The molecule has 0 saturated heterocycles. The largest absolute Gasteiger partial charge is 0.463 e. The van der Waals surface area contributed by atoms with Gasteiger partial charge in [0, 0.05) is 48.7 Å². The molecule has 1 aliphatic heterocycles. The smallest absolute Gasteiger partial charge is 0.315 e. The van der Waals surface area contributed by atoms with Gasteiger partial charge < -0.3 is 14.8 Å². The molecular formula is C27H29N3O6. The summed E-state index contributed by atoms with van der Waals surface area (Å²) in [5.74, 6) is -2.72. The molecule has 0 bridgehead atoms. The van der Waals surface area contributed by atoms with Gasteiger partial charge in [-0.3, -0.25) is 24.7 Å². The first-order valence-corrected chi connectivity index (χ1v) is 11.5. The van der Waals surface area contributed by atoms with E-state index in [-0.39, 0.29) is 31.0 Å². The Labute approximate surface area is 209 Å². The van der Waals surface area contributed by atoms with Crippen LogP contribution in [0.5, 0.6) is 0 Å². The second-order valence-corrected chi connectivity index (χ2v) is 8.24. The molecule has 1 heterocycles. The standard InChI is InChI=1S/C27H29N3O6/c1-18-23(26(31)28-14-8-11-20-9-5-4-6-10-20)25(21-12-7-13-22(17-21)30(33)34)24(19(2)29-18)27(32)36-16-15-35-3/h4-13,17,24-25H,14-16H2,1-3H3,(H,28,31). The number of nitro groups is 1. The van der Waals surface area contributed by atoms with E-state index in [4.69, 9.17) is 9.47 Å². The third-order valence-corrected chi connectivity index (χ3v) is 5.79. The van der Waals surface area contributed by atoms with Crippen molar-refractivity contribution in [3.8, 4) is 0 Å². The van der Waals surface area contributed by atoms with E-state index >= 15 is 0 Å². The Balaban J connectivity index is 1.94. The van der Waals surface area contributed by atoms with Crippen molar-refractivity contribution < 1.29 is 24.0 Å². The van der Waals surface area contributed by atoms with Crippen molar-refractivity contribution in [3.05, 3.63) is 93.2 Å². The number of nitrogens with one attached hydrogen (secondary N) is 1. The molecule has 2 aromatic rings. The summed E-state index contributed by atoms with van der Waals surface area (Å²) in [6.07, 6.45) is 3.71. The molecule has 2 unspecified atom stereocenters. The van der Waals surface area contributed by atoms with Crippen LogP contribution in [0.3, 0.4) is 0 Å². The predicted octanol–water partition coefficient (Wildman–Crippen LogP) is 4.06. The SMILES string of the molecule is COCCOC(=O)C1C(C)=NC(C)=C(C(=O)NCC=Cc2ccccc2)C1c1cccc([N+](=O)[O-])c1. The molecule has 36 heavy (non-hydrogen) atoms. The number of amides is 1. The highest BCUT2D eigenvalue weighted by Crippen LogP contribution is 2.40. The molecule has 0 spiro atoms. The number of nitrogens with zero attached hydrogens (tertiary/aromatic N) is 2. The van der Waals surface area contributed by atoms with Crippen LogP contribution in [0.25, 0.3) is 6.08 Å². The summed E-state index contributed by atoms with van der Waals surface area (Å²) in [4.78, 5) is 41.9. The molecular weight excluding hydrogens is 462 g/mol. The summed E-state index contributed by atoms with van der Waals surface area (Å²) in [6, 6.07) is 15.6. The molecule has 9 heteroatoms. The Hall–Kier alpha value is -4.11. The molecule has 9 nitrogen and oxygen atoms in total. The van der Waals surface area contributed by atoms with Crippen molar-refractivity contribution in [2.45, 2.75) is 19.8 Å². The van der Waals surface area contributed by atoms with Crippen LogP contribution in [0.1, 0.15) is 30.9 Å². The molecule has 1 amide bonds. The quantitative estimate of drug-likeness (QED) is 0.232. The average Bonchev–Trinajstić information content (AvgIpc) is 2.86. The molecule has 2 atom stereocenters. The fraction of sp³-hybridized carbons (Fsp3) is 0.296. The van der Waals surface area contributed by atoms with Gasteiger partial charge in [0.05, 0.1) is 11.5 Å². The number of nitro benzene ring substituents is 1. The minimum absolute atomic E-state index is 0.0370. The Morgan fingerprint density at radius 2 is 1.86 bits per heavy atom. The molecule has 0 fully saturated rings. The highest BCUT2D eigenvalue weighted by molar-refractivity contribution is 6.08. The van der Waals surface area contributed by atoms with Crippen LogP contribution in [-0.4, -0.2) is 49.4 Å². The summed E-state index contributed by atoms with van der Waals surface area (Å²) in [6.45, 7) is 3.88. The second kappa shape index (κ2) is 12.6. The molecule has 0 aliphatic carbocycles. The number of carbonyl (C=O) groups excluding carboxylic acids is 2. The Bertz CT molecular complexity index is 1200. The number of hydrogen-bond donors (Lipinski definition) is 1. The van der Waals surface area contributed by atoms with Gasteiger partial charge in [-0.2, -0.15) is 0 Å². The number of carbonyl (C=O) groups is 2. The van der Waals surface area contributed by atoms with Gasteiger partial charge in [-0.1, -0.05) is 54.6 Å². The third-order valence-electron chi connectivity index (χ3n) is 5.79. The Morgan fingerprint density at radius 3 is 2.56 bits per heavy atom. The van der Waals surface area contributed by atoms with E-state index in [0.29, 0.717) is 17.0 Å². The number of esters is 1. The van der Waals surface area contributed by atoms with Crippen LogP contribution < -0.4 is 5.32 Å². The first kappa shape index (κ1) is 26.5. The monoisotopic (exact) mass is 491 g/mol. The van der Waals surface area contributed by atoms with Crippen molar-refractivity contribution in [3.63, 3.8) is 0 Å². The summed E-state index contributed by atoms with van der Waals surface area (Å²) in [7, 11) is 1.49. The van der Waals surface area contributed by atoms with E-state index in [0.717, 1.165) is 5.56 Å². The number of methoxy groups -OCH3 is 1. The van der Waals surface area contributed by atoms with E-state index in [1.807, 2.05) is 42.5 Å². The predicted molar refractivity (Wildman–Crippen MR) is 136 cm³/mol. The van der Waals surface area contributed by atoms with Crippen molar-refractivity contribution >= 4 is 29.4 Å². The number of allylic oxidation sites excluding steroid dienone is 1.